The van der Waals surface area contributed by atoms with Crippen molar-refractivity contribution in [2.45, 2.75) is 6.18 Å². The second kappa shape index (κ2) is 4.93. The van der Waals surface area contributed by atoms with Crippen LogP contribution in [0.25, 0.3) is 0 Å². The molecule has 2 aromatic heterocycles. The summed E-state index contributed by atoms with van der Waals surface area (Å²) in [6.45, 7) is 0. The molecule has 19 heavy (non-hydrogen) atoms. The Labute approximate surface area is 117 Å². The van der Waals surface area contributed by atoms with Crippen molar-refractivity contribution in [3.63, 3.8) is 0 Å². The first-order valence-corrected chi connectivity index (χ1v) is 6.42. The molecule has 1 N–H and O–H groups in total. The SMILES string of the molecule is Cn1nc(C(F)(F)F)cc1C(=O)Nc1ncc(Br)s1. The van der Waals surface area contributed by atoms with E-state index in [1.807, 2.05) is 0 Å². The topological polar surface area (TPSA) is 59.8 Å². The van der Waals surface area contributed by atoms with Gasteiger partial charge in [-0.3, -0.25) is 14.8 Å². The Morgan fingerprint density at radius 3 is 2.68 bits per heavy atom. The van der Waals surface area contributed by atoms with Gasteiger partial charge in [0.2, 0.25) is 0 Å². The lowest BCUT2D eigenvalue weighted by Gasteiger charge is -2.00. The van der Waals surface area contributed by atoms with Gasteiger partial charge in [-0.1, -0.05) is 11.3 Å². The van der Waals surface area contributed by atoms with Gasteiger partial charge in [0.05, 0.1) is 9.98 Å². The fourth-order valence-corrected chi connectivity index (χ4v) is 2.39. The number of thiazole rings is 1. The van der Waals surface area contributed by atoms with Crippen LogP contribution in [0.5, 0.6) is 0 Å². The number of nitrogens with one attached hydrogen (secondary N) is 1. The quantitative estimate of drug-likeness (QED) is 0.901. The van der Waals surface area contributed by atoms with Crippen LogP contribution in [0.15, 0.2) is 16.0 Å². The summed E-state index contributed by atoms with van der Waals surface area (Å²) in [6, 6.07) is 0.692. The fraction of sp³-hybridized carbons (Fsp3) is 0.222. The van der Waals surface area contributed by atoms with Gasteiger partial charge in [-0.2, -0.15) is 18.3 Å². The molecule has 0 aromatic carbocycles. The molecule has 0 radical (unpaired) electrons. The summed E-state index contributed by atoms with van der Waals surface area (Å²) in [7, 11) is 1.27. The van der Waals surface area contributed by atoms with Gasteiger partial charge in [0, 0.05) is 13.1 Å². The Balaban J connectivity index is 2.22. The Morgan fingerprint density at radius 1 is 1.53 bits per heavy atom. The van der Waals surface area contributed by atoms with Gasteiger partial charge in [0.1, 0.15) is 5.69 Å². The molecule has 0 unspecified atom stereocenters. The maximum absolute atomic E-state index is 12.5. The van der Waals surface area contributed by atoms with Crippen molar-refractivity contribution in [3.8, 4) is 0 Å². The van der Waals surface area contributed by atoms with E-state index in [-0.39, 0.29) is 10.8 Å². The second-order valence-electron chi connectivity index (χ2n) is 3.46. The molecule has 2 rings (SSSR count). The highest BCUT2D eigenvalue weighted by Gasteiger charge is 2.35. The molecule has 0 aliphatic heterocycles. The molecule has 5 nitrogen and oxygen atoms in total. The molecule has 0 spiro atoms. The van der Waals surface area contributed by atoms with Gasteiger partial charge in [-0.25, -0.2) is 4.98 Å². The third-order valence-corrected chi connectivity index (χ3v) is 3.49. The van der Waals surface area contributed by atoms with Gasteiger partial charge < -0.3 is 0 Å². The molecule has 0 fully saturated rings. The smallest absolute Gasteiger partial charge is 0.296 e. The van der Waals surface area contributed by atoms with Crippen LogP contribution in [-0.4, -0.2) is 20.7 Å². The summed E-state index contributed by atoms with van der Waals surface area (Å²) in [4.78, 5) is 15.7. The van der Waals surface area contributed by atoms with Gasteiger partial charge >= 0.3 is 6.18 Å². The number of aromatic nitrogens is 3. The molecule has 1 amide bonds. The first-order valence-electron chi connectivity index (χ1n) is 4.81. The van der Waals surface area contributed by atoms with E-state index >= 15 is 0 Å². The minimum atomic E-state index is -4.58. The van der Waals surface area contributed by atoms with E-state index in [0.717, 1.165) is 16.0 Å². The van der Waals surface area contributed by atoms with E-state index in [9.17, 15) is 18.0 Å². The third-order valence-electron chi connectivity index (χ3n) is 2.10. The maximum Gasteiger partial charge on any atom is 0.435 e. The van der Waals surface area contributed by atoms with Crippen molar-refractivity contribution < 1.29 is 18.0 Å². The lowest BCUT2D eigenvalue weighted by atomic mass is 10.3. The summed E-state index contributed by atoms with van der Waals surface area (Å²) < 4.78 is 38.9. The Hall–Kier alpha value is -1.42. The van der Waals surface area contributed by atoms with Crippen LogP contribution in [0, 0.1) is 0 Å². The van der Waals surface area contributed by atoms with E-state index in [0.29, 0.717) is 9.85 Å². The van der Waals surface area contributed by atoms with Crippen LogP contribution in [0.4, 0.5) is 18.3 Å². The minimum Gasteiger partial charge on any atom is -0.296 e. The van der Waals surface area contributed by atoms with Crippen LogP contribution in [-0.2, 0) is 13.2 Å². The molecule has 2 heterocycles. The van der Waals surface area contributed by atoms with Crippen LogP contribution in [0.1, 0.15) is 16.2 Å². The first kappa shape index (κ1) is 14.0. The van der Waals surface area contributed by atoms with Crippen LogP contribution < -0.4 is 5.32 Å². The van der Waals surface area contributed by atoms with Gasteiger partial charge in [-0.05, 0) is 15.9 Å². The van der Waals surface area contributed by atoms with E-state index in [2.05, 4.69) is 31.3 Å². The van der Waals surface area contributed by atoms with E-state index in [4.69, 9.17) is 0 Å². The standard InChI is InChI=1S/C9H6BrF3N4OS/c1-17-4(2-5(16-17)9(11,12)13)7(18)15-8-14-3-6(10)19-8/h2-3H,1H3,(H,14,15,18). The average Bonchev–Trinajstić information content (AvgIpc) is 2.84. The third kappa shape index (κ3) is 3.13. The molecule has 0 aliphatic carbocycles. The molecular formula is C9H6BrF3N4OS. The number of amides is 1. The number of rotatable bonds is 2. The first-order chi connectivity index (χ1) is 8.77. The number of hydrogen-bond donors (Lipinski definition) is 1. The average molecular weight is 355 g/mol. The Bertz CT molecular complexity index is 621. The Morgan fingerprint density at radius 2 is 2.21 bits per heavy atom. The summed E-state index contributed by atoms with van der Waals surface area (Å²) in [6.07, 6.45) is -3.11. The van der Waals surface area contributed by atoms with E-state index in [1.165, 1.54) is 13.2 Å². The lowest BCUT2D eigenvalue weighted by molar-refractivity contribution is -0.141. The van der Waals surface area contributed by atoms with E-state index < -0.39 is 17.8 Å². The number of carbonyl (C=O) groups excluding carboxylic acids is 1. The number of alkyl halides is 3. The largest absolute Gasteiger partial charge is 0.435 e. The zero-order valence-corrected chi connectivity index (χ0v) is 11.7. The summed E-state index contributed by atoms with van der Waals surface area (Å²) >= 11 is 4.31. The highest BCUT2D eigenvalue weighted by Crippen LogP contribution is 2.29. The number of anilines is 1. The van der Waals surface area contributed by atoms with Crippen molar-refractivity contribution in [2.75, 3.05) is 5.32 Å². The summed E-state index contributed by atoms with van der Waals surface area (Å²) in [5.41, 5.74) is -1.31. The molecule has 102 valence electrons. The highest BCUT2D eigenvalue weighted by molar-refractivity contribution is 9.11. The molecule has 10 heteroatoms. The van der Waals surface area contributed by atoms with Crippen molar-refractivity contribution in [2.24, 2.45) is 7.05 Å². The highest BCUT2D eigenvalue weighted by atomic mass is 79.9. The van der Waals surface area contributed by atoms with Crippen LogP contribution >= 0.6 is 27.3 Å². The predicted molar refractivity (Wildman–Crippen MR) is 66.0 cm³/mol. The summed E-state index contributed by atoms with van der Waals surface area (Å²) in [5.74, 6) is -0.702. The molecular weight excluding hydrogens is 349 g/mol. The molecule has 0 atom stereocenters. The van der Waals surface area contributed by atoms with Crippen LogP contribution in [0.2, 0.25) is 0 Å². The zero-order valence-electron chi connectivity index (χ0n) is 9.32. The van der Waals surface area contributed by atoms with Crippen molar-refractivity contribution in [1.29, 1.82) is 0 Å². The number of nitrogens with zero attached hydrogens (tertiary/aromatic N) is 3. The van der Waals surface area contributed by atoms with Crippen LogP contribution in [0.3, 0.4) is 0 Å². The van der Waals surface area contributed by atoms with E-state index in [1.54, 1.807) is 0 Å². The Kier molecular flexibility index (Phi) is 3.63. The molecule has 0 aliphatic rings. The van der Waals surface area contributed by atoms with Crippen molar-refractivity contribution in [3.05, 3.63) is 27.4 Å². The molecule has 0 saturated carbocycles. The zero-order chi connectivity index (χ0) is 14.2. The number of aryl methyl sites for hydroxylation is 1. The van der Waals surface area contributed by atoms with Crippen molar-refractivity contribution >= 4 is 38.3 Å². The summed E-state index contributed by atoms with van der Waals surface area (Å²) in [5, 5.41) is 5.93. The molecule has 0 saturated heterocycles. The lowest BCUT2D eigenvalue weighted by Crippen LogP contribution is -2.15. The number of hydrogen-bond acceptors (Lipinski definition) is 4. The molecule has 0 bridgehead atoms. The van der Waals surface area contributed by atoms with Gasteiger partial charge in [0.25, 0.3) is 5.91 Å². The molecule has 2 aromatic rings. The van der Waals surface area contributed by atoms with Gasteiger partial charge in [-0.15, -0.1) is 0 Å². The predicted octanol–water partition coefficient (Wildman–Crippen LogP) is 2.91. The number of halogens is 4. The monoisotopic (exact) mass is 354 g/mol. The maximum atomic E-state index is 12.5. The van der Waals surface area contributed by atoms with Crippen molar-refractivity contribution in [1.82, 2.24) is 14.8 Å². The fourth-order valence-electron chi connectivity index (χ4n) is 1.29. The normalized spacial score (nSPS) is 11.6. The van der Waals surface area contributed by atoms with Gasteiger partial charge in [0.15, 0.2) is 10.8 Å². The second-order valence-corrected chi connectivity index (χ2v) is 5.87. The number of carbonyl (C=O) groups is 1. The minimum absolute atomic E-state index is 0.196.